The lowest BCUT2D eigenvalue weighted by Gasteiger charge is -2.24. The molecule has 0 amide bonds. The molecule has 1 heterocycles. The van der Waals surface area contributed by atoms with E-state index in [-0.39, 0.29) is 12.1 Å². The van der Waals surface area contributed by atoms with Gasteiger partial charge in [-0.1, -0.05) is 0 Å². The zero-order valence-corrected chi connectivity index (χ0v) is 11.5. The molecule has 0 radical (unpaired) electrons. The Morgan fingerprint density at radius 1 is 1.56 bits per heavy atom. The quantitative estimate of drug-likeness (QED) is 0.566. The van der Waals surface area contributed by atoms with E-state index >= 15 is 0 Å². The number of hydrogen-bond donors (Lipinski definition) is 2. The van der Waals surface area contributed by atoms with Gasteiger partial charge in [0.1, 0.15) is 0 Å². The van der Waals surface area contributed by atoms with Crippen molar-refractivity contribution in [1.82, 2.24) is 15.2 Å². The third-order valence-corrected chi connectivity index (χ3v) is 3.59. The van der Waals surface area contributed by atoms with E-state index in [4.69, 9.17) is 10.6 Å². The highest BCUT2D eigenvalue weighted by Gasteiger charge is 2.36. The fourth-order valence-corrected chi connectivity index (χ4v) is 2.38. The summed E-state index contributed by atoms with van der Waals surface area (Å²) in [6, 6.07) is 2.59. The van der Waals surface area contributed by atoms with E-state index in [1.165, 1.54) is 12.8 Å². The van der Waals surface area contributed by atoms with E-state index in [0.29, 0.717) is 12.0 Å². The molecular weight excluding hydrogens is 228 g/mol. The summed E-state index contributed by atoms with van der Waals surface area (Å²) in [7, 11) is 1.76. The van der Waals surface area contributed by atoms with Crippen molar-refractivity contribution in [1.29, 1.82) is 0 Å². The first-order chi connectivity index (χ1) is 8.65. The van der Waals surface area contributed by atoms with Crippen LogP contribution in [0, 0.1) is 5.92 Å². The number of rotatable bonds is 7. The topological polar surface area (TPSA) is 65.1 Å². The largest absolute Gasteiger partial charge is 0.379 e. The molecule has 2 rings (SSSR count). The van der Waals surface area contributed by atoms with Crippen LogP contribution in [0.1, 0.15) is 38.4 Å². The second-order valence-electron chi connectivity index (χ2n) is 5.40. The van der Waals surface area contributed by atoms with Crippen LogP contribution in [0.25, 0.3) is 0 Å². The van der Waals surface area contributed by atoms with Gasteiger partial charge in [0, 0.05) is 25.8 Å². The van der Waals surface area contributed by atoms with Crippen molar-refractivity contribution in [2.75, 3.05) is 7.11 Å². The summed E-state index contributed by atoms with van der Waals surface area (Å²) in [6.45, 7) is 4.25. The van der Waals surface area contributed by atoms with Crippen LogP contribution in [0.2, 0.25) is 0 Å². The number of nitrogens with zero attached hydrogens (tertiary/aromatic N) is 2. The van der Waals surface area contributed by atoms with Crippen molar-refractivity contribution in [2.24, 2.45) is 11.8 Å². The Morgan fingerprint density at radius 3 is 2.72 bits per heavy atom. The molecule has 18 heavy (non-hydrogen) atoms. The number of aromatic nitrogens is 2. The van der Waals surface area contributed by atoms with Crippen LogP contribution in [-0.2, 0) is 11.2 Å². The van der Waals surface area contributed by atoms with Crippen LogP contribution in [0.5, 0.6) is 0 Å². The third kappa shape index (κ3) is 3.10. The van der Waals surface area contributed by atoms with Gasteiger partial charge < -0.3 is 4.74 Å². The molecule has 5 nitrogen and oxygen atoms in total. The molecule has 1 aliphatic rings. The monoisotopic (exact) mass is 252 g/mol. The van der Waals surface area contributed by atoms with Crippen LogP contribution < -0.4 is 11.3 Å². The van der Waals surface area contributed by atoms with Gasteiger partial charge in [0.15, 0.2) is 0 Å². The summed E-state index contributed by atoms with van der Waals surface area (Å²) < 4.78 is 7.55. The number of nitrogens with two attached hydrogens (primary N) is 1. The van der Waals surface area contributed by atoms with E-state index in [1.54, 1.807) is 7.11 Å². The Balaban J connectivity index is 1.99. The van der Waals surface area contributed by atoms with Gasteiger partial charge in [-0.2, -0.15) is 5.10 Å². The molecule has 1 aromatic heterocycles. The molecule has 1 aromatic rings. The first kappa shape index (κ1) is 13.5. The van der Waals surface area contributed by atoms with Crippen molar-refractivity contribution in [3.63, 3.8) is 0 Å². The lowest BCUT2D eigenvalue weighted by atomic mass is 10.0. The molecule has 0 aliphatic heterocycles. The maximum Gasteiger partial charge on any atom is 0.0769 e. The molecule has 2 atom stereocenters. The zero-order valence-electron chi connectivity index (χ0n) is 11.5. The Hall–Kier alpha value is -0.910. The molecule has 0 saturated heterocycles. The lowest BCUT2D eigenvalue weighted by Crippen LogP contribution is -2.47. The van der Waals surface area contributed by atoms with Crippen LogP contribution in [0.4, 0.5) is 0 Å². The average molecular weight is 252 g/mol. The number of hydrogen-bond acceptors (Lipinski definition) is 4. The van der Waals surface area contributed by atoms with Crippen molar-refractivity contribution in [3.05, 3.63) is 18.0 Å². The van der Waals surface area contributed by atoms with E-state index in [2.05, 4.69) is 30.4 Å². The fraction of sp³-hybridized carbons (Fsp3) is 0.769. The fourth-order valence-electron chi connectivity index (χ4n) is 2.38. The normalized spacial score (nSPS) is 19.2. The Labute approximate surface area is 109 Å². The van der Waals surface area contributed by atoms with Gasteiger partial charge in [-0.15, -0.1) is 0 Å². The lowest BCUT2D eigenvalue weighted by molar-refractivity contribution is 0.0507. The molecule has 5 heteroatoms. The maximum atomic E-state index is 5.66. The van der Waals surface area contributed by atoms with Crippen molar-refractivity contribution >= 4 is 0 Å². The summed E-state index contributed by atoms with van der Waals surface area (Å²) in [5.41, 5.74) is 3.95. The molecule has 1 fully saturated rings. The average Bonchev–Trinajstić information content (AvgIpc) is 3.06. The molecule has 3 N–H and O–H groups in total. The van der Waals surface area contributed by atoms with Crippen LogP contribution in [0.3, 0.4) is 0 Å². The Kier molecular flexibility index (Phi) is 4.37. The van der Waals surface area contributed by atoms with E-state index in [9.17, 15) is 0 Å². The predicted molar refractivity (Wildman–Crippen MR) is 70.9 cm³/mol. The molecule has 1 aliphatic carbocycles. The molecule has 1 saturated carbocycles. The highest BCUT2D eigenvalue weighted by atomic mass is 16.5. The number of methoxy groups -OCH3 is 1. The molecule has 2 unspecified atom stereocenters. The Morgan fingerprint density at radius 2 is 2.28 bits per heavy atom. The second-order valence-corrected chi connectivity index (χ2v) is 5.40. The van der Waals surface area contributed by atoms with Gasteiger partial charge in [0.05, 0.1) is 17.8 Å². The van der Waals surface area contributed by atoms with Gasteiger partial charge in [0.2, 0.25) is 0 Å². The number of nitrogens with one attached hydrogen (secondary N) is 1. The van der Waals surface area contributed by atoms with Gasteiger partial charge in [-0.05, 0) is 38.7 Å². The Bertz CT molecular complexity index is 373. The van der Waals surface area contributed by atoms with Crippen molar-refractivity contribution in [3.8, 4) is 0 Å². The molecule has 0 aromatic carbocycles. The van der Waals surface area contributed by atoms with Crippen molar-refractivity contribution in [2.45, 2.75) is 51.3 Å². The number of hydrazine groups is 1. The third-order valence-electron chi connectivity index (χ3n) is 3.59. The summed E-state index contributed by atoms with van der Waals surface area (Å²) in [5, 5.41) is 4.56. The van der Waals surface area contributed by atoms with E-state index in [1.807, 2.05) is 10.9 Å². The first-order valence-corrected chi connectivity index (χ1v) is 6.68. The predicted octanol–water partition coefficient (Wildman–Crippen LogP) is 1.26. The van der Waals surface area contributed by atoms with Gasteiger partial charge in [0.25, 0.3) is 0 Å². The summed E-state index contributed by atoms with van der Waals surface area (Å²) in [4.78, 5) is 0. The summed E-state index contributed by atoms with van der Waals surface area (Å²) in [5.74, 6) is 6.32. The standard InChI is InChI=1S/C13H24N4O/c1-9(2)17-7-6-11(16-17)8-12(15-14)13(18-3)10-4-5-10/h6-7,9-10,12-13,15H,4-5,8,14H2,1-3H3. The highest BCUT2D eigenvalue weighted by Crippen LogP contribution is 2.36. The van der Waals surface area contributed by atoms with E-state index < -0.39 is 0 Å². The minimum atomic E-state index is 0.137. The van der Waals surface area contributed by atoms with E-state index in [0.717, 1.165) is 12.1 Å². The molecule has 0 spiro atoms. The minimum Gasteiger partial charge on any atom is -0.379 e. The first-order valence-electron chi connectivity index (χ1n) is 6.68. The SMILES string of the molecule is COC(C1CC1)C(Cc1ccn(C(C)C)n1)NN. The minimum absolute atomic E-state index is 0.137. The summed E-state index contributed by atoms with van der Waals surface area (Å²) >= 11 is 0. The maximum absolute atomic E-state index is 5.66. The van der Waals surface area contributed by atoms with Crippen molar-refractivity contribution < 1.29 is 4.74 Å². The second kappa shape index (κ2) is 5.82. The molecule has 102 valence electrons. The highest BCUT2D eigenvalue weighted by molar-refractivity contribution is 5.04. The number of ether oxygens (including phenoxy) is 1. The zero-order chi connectivity index (χ0) is 13.1. The van der Waals surface area contributed by atoms with Crippen LogP contribution in [0.15, 0.2) is 12.3 Å². The van der Waals surface area contributed by atoms with Gasteiger partial charge in [-0.3, -0.25) is 16.0 Å². The smallest absolute Gasteiger partial charge is 0.0769 e. The van der Waals surface area contributed by atoms with Crippen LogP contribution in [-0.4, -0.2) is 29.0 Å². The molecular formula is C13H24N4O. The molecule has 0 bridgehead atoms. The van der Waals surface area contributed by atoms with Gasteiger partial charge in [-0.25, -0.2) is 0 Å². The summed E-state index contributed by atoms with van der Waals surface area (Å²) in [6.07, 6.45) is 5.52. The van der Waals surface area contributed by atoms with Crippen LogP contribution >= 0.6 is 0 Å². The van der Waals surface area contributed by atoms with Gasteiger partial charge >= 0.3 is 0 Å².